The number of aryl methyl sites for hydroxylation is 1. The molecule has 2 nitrogen and oxygen atoms in total. The Hall–Kier alpha value is -1.02. The van der Waals surface area contributed by atoms with Crippen molar-refractivity contribution in [3.05, 3.63) is 28.8 Å². The molecular formula is C26H45ClNO-. The first-order chi connectivity index (χ1) is 13.6. The van der Waals surface area contributed by atoms with Crippen molar-refractivity contribution in [1.82, 2.24) is 0 Å². The van der Waals surface area contributed by atoms with Gasteiger partial charge in [0.1, 0.15) is 0 Å². The van der Waals surface area contributed by atoms with Crippen LogP contribution in [-0.4, -0.2) is 5.78 Å². The number of hydrogen-bond acceptors (Lipinski definition) is 2. The third-order valence-electron chi connectivity index (χ3n) is 6.05. The van der Waals surface area contributed by atoms with Gasteiger partial charge in [-0.1, -0.05) is 103 Å². The molecule has 29 heavy (non-hydrogen) atoms. The second kappa shape index (κ2) is 17.8. The summed E-state index contributed by atoms with van der Waals surface area (Å²) >= 11 is 0. The predicted octanol–water partition coefficient (Wildman–Crippen LogP) is 5.33. The molecule has 0 saturated heterocycles. The number of nitrogens with two attached hydrogens (primary N) is 1. The second-order valence-electron chi connectivity index (χ2n) is 8.59. The van der Waals surface area contributed by atoms with Crippen LogP contribution in [0.2, 0.25) is 0 Å². The van der Waals surface area contributed by atoms with Gasteiger partial charge in [-0.3, -0.25) is 4.79 Å². The Bertz CT molecular complexity index is 556. The molecule has 0 aliphatic heterocycles. The highest BCUT2D eigenvalue weighted by molar-refractivity contribution is 6.02. The SMILES string of the molecule is CCCCCCCCCCCCCCCCCC(=O)c1c(N)ccc(C)c1C.[Cl-]. The quantitative estimate of drug-likeness (QED) is 0.209. The number of hydrogen-bond donors (Lipinski definition) is 1. The Balaban J connectivity index is 0.00000784. The molecule has 0 atom stereocenters. The zero-order valence-corrected chi connectivity index (χ0v) is 20.1. The molecule has 0 saturated carbocycles. The van der Waals surface area contributed by atoms with E-state index in [0.29, 0.717) is 12.1 Å². The van der Waals surface area contributed by atoms with Crippen LogP contribution in [0.5, 0.6) is 0 Å². The third-order valence-corrected chi connectivity index (χ3v) is 6.05. The van der Waals surface area contributed by atoms with Crippen LogP contribution in [-0.2, 0) is 0 Å². The molecule has 0 aliphatic carbocycles. The van der Waals surface area contributed by atoms with E-state index in [1.165, 1.54) is 83.5 Å². The molecule has 0 fully saturated rings. The summed E-state index contributed by atoms with van der Waals surface area (Å²) in [6, 6.07) is 3.86. The van der Waals surface area contributed by atoms with E-state index in [4.69, 9.17) is 5.73 Å². The van der Waals surface area contributed by atoms with Gasteiger partial charge in [-0.15, -0.1) is 0 Å². The highest BCUT2D eigenvalue weighted by Gasteiger charge is 2.13. The highest BCUT2D eigenvalue weighted by atomic mass is 35.5. The van der Waals surface area contributed by atoms with Crippen molar-refractivity contribution < 1.29 is 17.2 Å². The maximum absolute atomic E-state index is 12.5. The van der Waals surface area contributed by atoms with Crippen LogP contribution in [0.3, 0.4) is 0 Å². The van der Waals surface area contributed by atoms with Gasteiger partial charge in [0.2, 0.25) is 0 Å². The lowest BCUT2D eigenvalue weighted by Gasteiger charge is -2.11. The van der Waals surface area contributed by atoms with Crippen LogP contribution in [0.1, 0.15) is 131 Å². The first-order valence-corrected chi connectivity index (χ1v) is 12.0. The smallest absolute Gasteiger partial charge is 0.165 e. The van der Waals surface area contributed by atoms with Gasteiger partial charge < -0.3 is 18.1 Å². The number of carbonyl (C=O) groups is 1. The largest absolute Gasteiger partial charge is 1.00 e. The van der Waals surface area contributed by atoms with Crippen molar-refractivity contribution in [1.29, 1.82) is 0 Å². The standard InChI is InChI=1S/C26H45NO.ClH/c1-4-5-6-7-8-9-10-11-12-13-14-15-16-17-18-19-25(28)26-23(3)22(2)20-21-24(26)27;/h20-21H,4-19,27H2,1-3H3;1H/p-1. The van der Waals surface area contributed by atoms with Gasteiger partial charge in [0, 0.05) is 17.7 Å². The summed E-state index contributed by atoms with van der Waals surface area (Å²) in [5.41, 5.74) is 9.61. The number of halogens is 1. The van der Waals surface area contributed by atoms with E-state index in [-0.39, 0.29) is 18.2 Å². The van der Waals surface area contributed by atoms with Crippen LogP contribution in [0, 0.1) is 13.8 Å². The average Bonchev–Trinajstić information content (AvgIpc) is 2.68. The normalized spacial score (nSPS) is 10.7. The van der Waals surface area contributed by atoms with Crippen molar-refractivity contribution in [2.45, 2.75) is 124 Å². The molecule has 2 N–H and O–H groups in total. The Morgan fingerprint density at radius 2 is 1.14 bits per heavy atom. The third kappa shape index (κ3) is 12.3. The molecule has 0 aliphatic rings. The molecule has 3 heteroatoms. The van der Waals surface area contributed by atoms with E-state index in [2.05, 4.69) is 6.92 Å². The van der Waals surface area contributed by atoms with E-state index in [0.717, 1.165) is 29.5 Å². The zero-order valence-electron chi connectivity index (χ0n) is 19.3. The highest BCUT2D eigenvalue weighted by Crippen LogP contribution is 2.23. The number of ketones is 1. The lowest BCUT2D eigenvalue weighted by Crippen LogP contribution is -3.00. The first-order valence-electron chi connectivity index (χ1n) is 12.0. The van der Waals surface area contributed by atoms with Crippen molar-refractivity contribution in [3.8, 4) is 0 Å². The van der Waals surface area contributed by atoms with Crippen LogP contribution in [0.15, 0.2) is 12.1 Å². The molecular weight excluding hydrogens is 378 g/mol. The van der Waals surface area contributed by atoms with Crippen LogP contribution in [0.25, 0.3) is 0 Å². The van der Waals surface area contributed by atoms with Crippen molar-refractivity contribution in [2.75, 3.05) is 5.73 Å². The van der Waals surface area contributed by atoms with Crippen LogP contribution < -0.4 is 18.1 Å². The van der Waals surface area contributed by atoms with Crippen LogP contribution in [0.4, 0.5) is 5.69 Å². The molecule has 0 radical (unpaired) electrons. The number of rotatable bonds is 17. The number of anilines is 1. The molecule has 0 unspecified atom stereocenters. The lowest BCUT2D eigenvalue weighted by atomic mass is 9.95. The molecule has 0 amide bonds. The number of Topliss-reactive ketones (excluding diaryl/α,β-unsaturated/α-hetero) is 1. The molecule has 0 heterocycles. The number of benzene rings is 1. The lowest BCUT2D eigenvalue weighted by molar-refractivity contribution is -0.0000143. The minimum Gasteiger partial charge on any atom is -1.00 e. The zero-order chi connectivity index (χ0) is 20.6. The van der Waals surface area contributed by atoms with Gasteiger partial charge in [-0.05, 0) is 37.5 Å². The number of nitrogen functional groups attached to an aromatic ring is 1. The first kappa shape index (κ1) is 28.0. The molecule has 0 spiro atoms. The molecule has 1 aromatic rings. The average molecular weight is 423 g/mol. The summed E-state index contributed by atoms with van der Waals surface area (Å²) in [6.45, 7) is 6.33. The summed E-state index contributed by atoms with van der Waals surface area (Å²) in [5.74, 6) is 0.216. The summed E-state index contributed by atoms with van der Waals surface area (Å²) in [7, 11) is 0. The van der Waals surface area contributed by atoms with E-state index in [9.17, 15) is 4.79 Å². The van der Waals surface area contributed by atoms with E-state index >= 15 is 0 Å². The van der Waals surface area contributed by atoms with Crippen LogP contribution >= 0.6 is 0 Å². The van der Waals surface area contributed by atoms with E-state index < -0.39 is 0 Å². The Kier molecular flexibility index (Phi) is 17.2. The topological polar surface area (TPSA) is 43.1 Å². The summed E-state index contributed by atoms with van der Waals surface area (Å²) in [5, 5.41) is 0. The summed E-state index contributed by atoms with van der Waals surface area (Å²) in [4.78, 5) is 12.5. The molecule has 168 valence electrons. The fourth-order valence-electron chi connectivity index (χ4n) is 3.99. The fourth-order valence-corrected chi connectivity index (χ4v) is 3.99. The molecule has 0 aromatic heterocycles. The minimum absolute atomic E-state index is 0. The van der Waals surface area contributed by atoms with E-state index in [1.807, 2.05) is 26.0 Å². The Morgan fingerprint density at radius 1 is 0.724 bits per heavy atom. The van der Waals surface area contributed by atoms with Gasteiger partial charge in [0.05, 0.1) is 0 Å². The predicted molar refractivity (Wildman–Crippen MR) is 124 cm³/mol. The molecule has 1 rings (SSSR count). The van der Waals surface area contributed by atoms with Gasteiger partial charge in [0.15, 0.2) is 5.78 Å². The fraction of sp³-hybridized carbons (Fsp3) is 0.731. The van der Waals surface area contributed by atoms with E-state index in [1.54, 1.807) is 0 Å². The number of carbonyl (C=O) groups excluding carboxylic acids is 1. The summed E-state index contributed by atoms with van der Waals surface area (Å²) < 4.78 is 0. The van der Waals surface area contributed by atoms with Gasteiger partial charge in [-0.25, -0.2) is 0 Å². The monoisotopic (exact) mass is 422 g/mol. The second-order valence-corrected chi connectivity index (χ2v) is 8.59. The van der Waals surface area contributed by atoms with Gasteiger partial charge in [-0.2, -0.15) is 0 Å². The van der Waals surface area contributed by atoms with Crippen molar-refractivity contribution in [2.24, 2.45) is 0 Å². The van der Waals surface area contributed by atoms with Crippen molar-refractivity contribution >= 4 is 11.5 Å². The maximum Gasteiger partial charge on any atom is 0.165 e. The van der Waals surface area contributed by atoms with Gasteiger partial charge >= 0.3 is 0 Å². The van der Waals surface area contributed by atoms with Crippen molar-refractivity contribution in [3.63, 3.8) is 0 Å². The maximum atomic E-state index is 12.5. The number of unbranched alkanes of at least 4 members (excludes halogenated alkanes) is 14. The summed E-state index contributed by atoms with van der Waals surface area (Å²) in [6.07, 6.45) is 20.8. The molecule has 1 aromatic carbocycles. The van der Waals surface area contributed by atoms with Gasteiger partial charge in [0.25, 0.3) is 0 Å². The minimum atomic E-state index is 0. The Morgan fingerprint density at radius 3 is 1.59 bits per heavy atom. The molecule has 0 bridgehead atoms. The Labute approximate surface area is 186 Å².